The number of rotatable bonds is 4. The molecule has 0 aromatic heterocycles. The minimum absolute atomic E-state index is 0.227. The Balaban J connectivity index is 1.97. The van der Waals surface area contributed by atoms with E-state index in [0.29, 0.717) is 15.8 Å². The molecule has 0 aliphatic rings. The number of carbonyl (C=O) groups excluding carboxylic acids is 1. The van der Waals surface area contributed by atoms with Gasteiger partial charge in [-0.15, -0.1) is 0 Å². The number of ether oxygens (including phenoxy) is 1. The van der Waals surface area contributed by atoms with Crippen molar-refractivity contribution < 1.29 is 13.9 Å². The van der Waals surface area contributed by atoms with Crippen molar-refractivity contribution in [3.8, 4) is 5.75 Å². The number of benzene rings is 2. The average Bonchev–Trinajstić information content (AvgIpc) is 2.44. The van der Waals surface area contributed by atoms with Crippen molar-refractivity contribution in [2.24, 2.45) is 0 Å². The number of anilines is 2. The van der Waals surface area contributed by atoms with Crippen LogP contribution in [0.15, 0.2) is 40.9 Å². The molecule has 0 aliphatic carbocycles. The van der Waals surface area contributed by atoms with E-state index in [2.05, 4.69) is 21.2 Å². The summed E-state index contributed by atoms with van der Waals surface area (Å²) in [6.45, 7) is 1.62. The number of carbonyl (C=O) groups is 1. The summed E-state index contributed by atoms with van der Waals surface area (Å²) in [5, 5.41) is 2.68. The van der Waals surface area contributed by atoms with Gasteiger partial charge in [-0.2, -0.15) is 0 Å². The lowest BCUT2D eigenvalue weighted by molar-refractivity contribution is -0.118. The van der Waals surface area contributed by atoms with Gasteiger partial charge in [0.25, 0.3) is 5.91 Å². The number of hydrogen-bond acceptors (Lipinski definition) is 3. The molecule has 2 aromatic carbocycles. The average molecular weight is 353 g/mol. The maximum atomic E-state index is 13.3. The van der Waals surface area contributed by atoms with Crippen LogP contribution in [0.3, 0.4) is 0 Å². The van der Waals surface area contributed by atoms with Gasteiger partial charge in [-0.25, -0.2) is 4.39 Å². The monoisotopic (exact) mass is 352 g/mol. The molecule has 0 unspecified atom stereocenters. The van der Waals surface area contributed by atoms with Crippen molar-refractivity contribution in [3.63, 3.8) is 0 Å². The highest BCUT2D eigenvalue weighted by atomic mass is 79.9. The molecule has 0 atom stereocenters. The Morgan fingerprint density at radius 1 is 1.38 bits per heavy atom. The van der Waals surface area contributed by atoms with E-state index in [9.17, 15) is 9.18 Å². The minimum Gasteiger partial charge on any atom is -0.484 e. The first kappa shape index (κ1) is 15.3. The first-order valence-electron chi connectivity index (χ1n) is 6.20. The number of halogens is 2. The predicted octanol–water partition coefficient (Wildman–Crippen LogP) is 3.50. The molecule has 6 heteroatoms. The van der Waals surface area contributed by atoms with Gasteiger partial charge in [-0.3, -0.25) is 4.79 Å². The minimum atomic E-state index is -0.448. The second-order valence-electron chi connectivity index (χ2n) is 4.45. The van der Waals surface area contributed by atoms with E-state index < -0.39 is 5.82 Å². The van der Waals surface area contributed by atoms with Crippen molar-refractivity contribution >= 4 is 33.2 Å². The van der Waals surface area contributed by atoms with E-state index in [4.69, 9.17) is 10.5 Å². The van der Waals surface area contributed by atoms with Crippen LogP contribution < -0.4 is 15.8 Å². The summed E-state index contributed by atoms with van der Waals surface area (Å²) in [6.07, 6.45) is 0. The molecular weight excluding hydrogens is 339 g/mol. The molecule has 0 saturated carbocycles. The molecular formula is C15H14BrFN2O2. The lowest BCUT2D eigenvalue weighted by Crippen LogP contribution is -2.21. The van der Waals surface area contributed by atoms with Crippen LogP contribution in [-0.2, 0) is 4.79 Å². The maximum Gasteiger partial charge on any atom is 0.262 e. The third kappa shape index (κ3) is 3.95. The summed E-state index contributed by atoms with van der Waals surface area (Å²) in [5.74, 6) is -0.529. The molecule has 2 rings (SSSR count). The Hall–Kier alpha value is -2.08. The van der Waals surface area contributed by atoms with Crippen LogP contribution in [0.5, 0.6) is 5.75 Å². The highest BCUT2D eigenvalue weighted by Gasteiger charge is 2.09. The van der Waals surface area contributed by atoms with Crippen LogP contribution in [0.2, 0.25) is 0 Å². The SMILES string of the molecule is Cc1cccc(N)c1NC(=O)COc1ccc(Br)c(F)c1. The molecule has 3 N–H and O–H groups in total. The number of nitrogens with one attached hydrogen (secondary N) is 1. The Bertz CT molecular complexity index is 656. The standard InChI is InChI=1S/C15H14BrFN2O2/c1-9-3-2-4-13(18)15(9)19-14(20)8-21-10-5-6-11(16)12(17)7-10/h2-7H,8,18H2,1H3,(H,19,20). The van der Waals surface area contributed by atoms with Crippen molar-refractivity contribution in [2.75, 3.05) is 17.7 Å². The van der Waals surface area contributed by atoms with Gasteiger partial charge in [0.2, 0.25) is 0 Å². The van der Waals surface area contributed by atoms with E-state index in [1.165, 1.54) is 12.1 Å². The summed E-state index contributed by atoms with van der Waals surface area (Å²) in [6, 6.07) is 9.65. The highest BCUT2D eigenvalue weighted by molar-refractivity contribution is 9.10. The molecule has 2 aromatic rings. The van der Waals surface area contributed by atoms with Crippen LogP contribution in [-0.4, -0.2) is 12.5 Å². The van der Waals surface area contributed by atoms with Crippen molar-refractivity contribution in [3.05, 3.63) is 52.3 Å². The topological polar surface area (TPSA) is 64.3 Å². The molecule has 110 valence electrons. The van der Waals surface area contributed by atoms with Crippen LogP contribution in [0, 0.1) is 12.7 Å². The lowest BCUT2D eigenvalue weighted by Gasteiger charge is -2.12. The zero-order chi connectivity index (χ0) is 15.4. The molecule has 0 fully saturated rings. The smallest absolute Gasteiger partial charge is 0.262 e. The fourth-order valence-corrected chi connectivity index (χ4v) is 2.00. The second-order valence-corrected chi connectivity index (χ2v) is 5.31. The quantitative estimate of drug-likeness (QED) is 0.827. The molecule has 0 heterocycles. The summed E-state index contributed by atoms with van der Waals surface area (Å²) < 4.78 is 18.9. The summed E-state index contributed by atoms with van der Waals surface area (Å²) in [4.78, 5) is 11.8. The van der Waals surface area contributed by atoms with Gasteiger partial charge >= 0.3 is 0 Å². The molecule has 0 aliphatic heterocycles. The molecule has 1 amide bonds. The number of aryl methyl sites for hydroxylation is 1. The first-order chi connectivity index (χ1) is 9.97. The molecule has 0 bridgehead atoms. The third-order valence-corrected chi connectivity index (χ3v) is 3.47. The first-order valence-corrected chi connectivity index (χ1v) is 6.99. The Labute approximate surface area is 130 Å². The summed E-state index contributed by atoms with van der Waals surface area (Å²) >= 11 is 3.05. The largest absolute Gasteiger partial charge is 0.484 e. The van der Waals surface area contributed by atoms with Gasteiger partial charge < -0.3 is 15.8 Å². The molecule has 4 nitrogen and oxygen atoms in total. The van der Waals surface area contributed by atoms with Crippen molar-refractivity contribution in [2.45, 2.75) is 6.92 Å². The van der Waals surface area contributed by atoms with Gasteiger partial charge in [0.05, 0.1) is 15.8 Å². The maximum absolute atomic E-state index is 13.3. The van der Waals surface area contributed by atoms with Crippen molar-refractivity contribution in [1.29, 1.82) is 0 Å². The number of para-hydroxylation sites is 1. The van der Waals surface area contributed by atoms with Gasteiger partial charge in [0, 0.05) is 6.07 Å². The van der Waals surface area contributed by atoms with Crippen LogP contribution in [0.4, 0.5) is 15.8 Å². The number of hydrogen-bond donors (Lipinski definition) is 2. The fraction of sp³-hybridized carbons (Fsp3) is 0.133. The third-order valence-electron chi connectivity index (χ3n) is 2.83. The zero-order valence-electron chi connectivity index (χ0n) is 11.3. The van der Waals surface area contributed by atoms with Gasteiger partial charge in [-0.1, -0.05) is 12.1 Å². The Kier molecular flexibility index (Phi) is 4.80. The zero-order valence-corrected chi connectivity index (χ0v) is 12.9. The molecule has 0 saturated heterocycles. The lowest BCUT2D eigenvalue weighted by atomic mass is 10.1. The van der Waals surface area contributed by atoms with Gasteiger partial charge in [0.15, 0.2) is 6.61 Å². The highest BCUT2D eigenvalue weighted by Crippen LogP contribution is 2.23. The second kappa shape index (κ2) is 6.58. The van der Waals surface area contributed by atoms with E-state index in [0.717, 1.165) is 5.56 Å². The van der Waals surface area contributed by atoms with E-state index in [1.807, 2.05) is 13.0 Å². The number of nitrogen functional groups attached to an aromatic ring is 1. The number of nitrogens with two attached hydrogens (primary N) is 1. The molecule has 21 heavy (non-hydrogen) atoms. The Morgan fingerprint density at radius 3 is 2.81 bits per heavy atom. The van der Waals surface area contributed by atoms with Crippen LogP contribution in [0.1, 0.15) is 5.56 Å². The van der Waals surface area contributed by atoms with Crippen molar-refractivity contribution in [1.82, 2.24) is 0 Å². The predicted molar refractivity (Wildman–Crippen MR) is 83.8 cm³/mol. The summed E-state index contributed by atoms with van der Waals surface area (Å²) in [7, 11) is 0. The van der Waals surface area contributed by atoms with E-state index >= 15 is 0 Å². The van der Waals surface area contributed by atoms with E-state index in [1.54, 1.807) is 18.2 Å². The fourth-order valence-electron chi connectivity index (χ4n) is 1.75. The summed E-state index contributed by atoms with van der Waals surface area (Å²) in [5.41, 5.74) is 7.71. The molecule has 0 radical (unpaired) electrons. The Morgan fingerprint density at radius 2 is 2.14 bits per heavy atom. The molecule has 0 spiro atoms. The number of amides is 1. The van der Waals surface area contributed by atoms with E-state index in [-0.39, 0.29) is 18.3 Å². The normalized spacial score (nSPS) is 10.2. The van der Waals surface area contributed by atoms with Gasteiger partial charge in [-0.05, 0) is 46.6 Å². The van der Waals surface area contributed by atoms with Crippen LogP contribution >= 0.6 is 15.9 Å². The van der Waals surface area contributed by atoms with Crippen LogP contribution in [0.25, 0.3) is 0 Å². The van der Waals surface area contributed by atoms with Gasteiger partial charge in [0.1, 0.15) is 11.6 Å².